The van der Waals surface area contributed by atoms with E-state index in [-0.39, 0.29) is 0 Å². The lowest BCUT2D eigenvalue weighted by molar-refractivity contribution is 0.112. The van der Waals surface area contributed by atoms with Gasteiger partial charge in [0.05, 0.1) is 11.3 Å². The van der Waals surface area contributed by atoms with Crippen LogP contribution in [0.1, 0.15) is 28.9 Å². The molecule has 1 N–H and O–H groups in total. The second kappa shape index (κ2) is 4.90. The third kappa shape index (κ3) is 2.16. The lowest BCUT2D eigenvalue weighted by Gasteiger charge is -2.21. The fourth-order valence-corrected chi connectivity index (χ4v) is 2.67. The summed E-state index contributed by atoms with van der Waals surface area (Å²) in [6.07, 6.45) is 8.36. The summed E-state index contributed by atoms with van der Waals surface area (Å²) in [5.41, 5.74) is 2.51. The minimum Gasteiger partial charge on any atom is -0.316 e. The van der Waals surface area contributed by atoms with Crippen LogP contribution in [0.15, 0.2) is 24.5 Å². The van der Waals surface area contributed by atoms with Gasteiger partial charge >= 0.3 is 0 Å². The highest BCUT2D eigenvalue weighted by Gasteiger charge is 2.15. The first-order valence-electron chi connectivity index (χ1n) is 6.49. The molecule has 0 amide bonds. The van der Waals surface area contributed by atoms with Crippen molar-refractivity contribution in [3.8, 4) is 0 Å². The molecule has 3 rings (SSSR count). The van der Waals surface area contributed by atoms with Crippen molar-refractivity contribution in [2.75, 3.05) is 13.1 Å². The molecular formula is C14H17N3O. The van der Waals surface area contributed by atoms with Crippen LogP contribution in [0.4, 0.5) is 0 Å². The Balaban J connectivity index is 1.86. The summed E-state index contributed by atoms with van der Waals surface area (Å²) in [6, 6.07) is 3.69. The molecule has 18 heavy (non-hydrogen) atoms. The van der Waals surface area contributed by atoms with Gasteiger partial charge in [-0.05, 0) is 50.4 Å². The van der Waals surface area contributed by atoms with Gasteiger partial charge in [-0.3, -0.25) is 4.79 Å². The number of rotatable bonds is 3. The van der Waals surface area contributed by atoms with Crippen LogP contribution in [-0.2, 0) is 6.42 Å². The Bertz CT molecular complexity index is 555. The van der Waals surface area contributed by atoms with Crippen molar-refractivity contribution < 1.29 is 4.79 Å². The number of fused-ring (bicyclic) bond motifs is 1. The van der Waals surface area contributed by atoms with E-state index in [4.69, 9.17) is 0 Å². The number of hydrogen-bond donors (Lipinski definition) is 1. The molecule has 2 aromatic heterocycles. The Morgan fingerprint density at radius 2 is 2.50 bits per heavy atom. The number of hydrogen-bond acceptors (Lipinski definition) is 3. The summed E-state index contributed by atoms with van der Waals surface area (Å²) < 4.78 is 1.94. The molecule has 94 valence electrons. The third-order valence-corrected chi connectivity index (χ3v) is 3.59. The molecule has 1 aliphatic heterocycles. The van der Waals surface area contributed by atoms with E-state index >= 15 is 0 Å². The quantitative estimate of drug-likeness (QED) is 0.834. The lowest BCUT2D eigenvalue weighted by Crippen LogP contribution is -2.30. The zero-order valence-corrected chi connectivity index (χ0v) is 10.3. The molecule has 1 saturated heterocycles. The van der Waals surface area contributed by atoms with Gasteiger partial charge in [-0.1, -0.05) is 0 Å². The van der Waals surface area contributed by atoms with Crippen LogP contribution in [0, 0.1) is 5.92 Å². The molecule has 0 aliphatic carbocycles. The summed E-state index contributed by atoms with van der Waals surface area (Å²) in [5, 5.41) is 3.42. The Labute approximate surface area is 106 Å². The molecule has 1 aliphatic rings. The van der Waals surface area contributed by atoms with Gasteiger partial charge in [0.1, 0.15) is 5.65 Å². The topological polar surface area (TPSA) is 46.4 Å². The summed E-state index contributed by atoms with van der Waals surface area (Å²) in [7, 11) is 0. The van der Waals surface area contributed by atoms with Crippen molar-refractivity contribution >= 4 is 11.9 Å². The molecule has 0 saturated carbocycles. The molecule has 1 unspecified atom stereocenters. The van der Waals surface area contributed by atoms with Gasteiger partial charge < -0.3 is 9.72 Å². The number of nitrogens with zero attached hydrogens (tertiary/aromatic N) is 2. The van der Waals surface area contributed by atoms with Crippen molar-refractivity contribution in [3.63, 3.8) is 0 Å². The minimum absolute atomic E-state index is 0.658. The van der Waals surface area contributed by atoms with E-state index in [1.807, 2.05) is 22.9 Å². The maximum Gasteiger partial charge on any atom is 0.153 e. The second-order valence-corrected chi connectivity index (χ2v) is 4.96. The SMILES string of the molecule is O=Cc1cccn2cc(CC3CCCNC3)nc12. The molecule has 3 heterocycles. The summed E-state index contributed by atoms with van der Waals surface area (Å²) >= 11 is 0. The van der Waals surface area contributed by atoms with E-state index < -0.39 is 0 Å². The van der Waals surface area contributed by atoms with Crippen molar-refractivity contribution in [1.82, 2.24) is 14.7 Å². The number of carbonyl (C=O) groups excluding carboxylic acids is 1. The van der Waals surface area contributed by atoms with E-state index in [0.717, 1.165) is 37.1 Å². The first kappa shape index (κ1) is 11.4. The molecule has 0 bridgehead atoms. The second-order valence-electron chi connectivity index (χ2n) is 4.96. The van der Waals surface area contributed by atoms with Crippen LogP contribution in [0.25, 0.3) is 5.65 Å². The van der Waals surface area contributed by atoms with Gasteiger partial charge in [-0.15, -0.1) is 0 Å². The predicted octanol–water partition coefficient (Wildman–Crippen LogP) is 1.69. The zero-order chi connectivity index (χ0) is 12.4. The normalized spacial score (nSPS) is 20.1. The van der Waals surface area contributed by atoms with Crippen LogP contribution in [0.2, 0.25) is 0 Å². The van der Waals surface area contributed by atoms with E-state index in [1.165, 1.54) is 12.8 Å². The average molecular weight is 243 g/mol. The van der Waals surface area contributed by atoms with Crippen molar-refractivity contribution in [3.05, 3.63) is 35.8 Å². The maximum absolute atomic E-state index is 11.0. The third-order valence-electron chi connectivity index (χ3n) is 3.59. The smallest absolute Gasteiger partial charge is 0.153 e. The first-order chi connectivity index (χ1) is 8.86. The highest BCUT2D eigenvalue weighted by Crippen LogP contribution is 2.17. The van der Waals surface area contributed by atoms with E-state index in [1.54, 1.807) is 6.07 Å². The average Bonchev–Trinajstić information content (AvgIpc) is 2.82. The van der Waals surface area contributed by atoms with Gasteiger partial charge in [0.2, 0.25) is 0 Å². The van der Waals surface area contributed by atoms with Crippen LogP contribution in [0.5, 0.6) is 0 Å². The molecule has 2 aromatic rings. The lowest BCUT2D eigenvalue weighted by atomic mass is 9.95. The number of aldehydes is 1. The van der Waals surface area contributed by atoms with Gasteiger partial charge in [-0.25, -0.2) is 4.98 Å². The standard InChI is InChI=1S/C14H17N3O/c18-10-12-4-2-6-17-9-13(16-14(12)17)7-11-3-1-5-15-8-11/h2,4,6,9-11,15H,1,3,5,7-8H2. The maximum atomic E-state index is 11.0. The molecule has 4 heteroatoms. The summed E-state index contributed by atoms with van der Waals surface area (Å²) in [6.45, 7) is 2.21. The van der Waals surface area contributed by atoms with Gasteiger partial charge in [0.15, 0.2) is 6.29 Å². The molecule has 1 atom stereocenters. The van der Waals surface area contributed by atoms with E-state index in [2.05, 4.69) is 10.3 Å². The highest BCUT2D eigenvalue weighted by molar-refractivity contribution is 5.84. The molecule has 0 spiro atoms. The van der Waals surface area contributed by atoms with Gasteiger partial charge in [0.25, 0.3) is 0 Å². The number of imidazole rings is 1. The fraction of sp³-hybridized carbons (Fsp3) is 0.429. The highest BCUT2D eigenvalue weighted by atomic mass is 16.1. The molecule has 1 fully saturated rings. The number of piperidine rings is 1. The first-order valence-corrected chi connectivity index (χ1v) is 6.49. The number of carbonyl (C=O) groups is 1. The van der Waals surface area contributed by atoms with Crippen molar-refractivity contribution in [2.45, 2.75) is 19.3 Å². The van der Waals surface area contributed by atoms with E-state index in [0.29, 0.717) is 11.5 Å². The zero-order valence-electron chi connectivity index (χ0n) is 10.3. The van der Waals surface area contributed by atoms with Crippen molar-refractivity contribution in [1.29, 1.82) is 0 Å². The number of nitrogens with one attached hydrogen (secondary N) is 1. The largest absolute Gasteiger partial charge is 0.316 e. The predicted molar refractivity (Wildman–Crippen MR) is 69.9 cm³/mol. The Hall–Kier alpha value is -1.68. The minimum atomic E-state index is 0.658. The summed E-state index contributed by atoms with van der Waals surface area (Å²) in [5.74, 6) is 0.670. The van der Waals surface area contributed by atoms with Crippen LogP contribution in [0.3, 0.4) is 0 Å². The molecule has 0 radical (unpaired) electrons. The summed E-state index contributed by atoms with van der Waals surface area (Å²) in [4.78, 5) is 15.5. The Kier molecular flexibility index (Phi) is 3.11. The van der Waals surface area contributed by atoms with Crippen LogP contribution < -0.4 is 5.32 Å². The van der Waals surface area contributed by atoms with Crippen LogP contribution >= 0.6 is 0 Å². The molecule has 0 aromatic carbocycles. The van der Waals surface area contributed by atoms with Crippen LogP contribution in [-0.4, -0.2) is 28.8 Å². The Morgan fingerprint density at radius 3 is 3.28 bits per heavy atom. The van der Waals surface area contributed by atoms with E-state index in [9.17, 15) is 4.79 Å². The Morgan fingerprint density at radius 1 is 1.56 bits per heavy atom. The van der Waals surface area contributed by atoms with Gasteiger partial charge in [0, 0.05) is 12.4 Å². The van der Waals surface area contributed by atoms with Crippen molar-refractivity contribution in [2.24, 2.45) is 5.92 Å². The number of pyridine rings is 1. The fourth-order valence-electron chi connectivity index (χ4n) is 2.67. The number of aromatic nitrogens is 2. The molecule has 4 nitrogen and oxygen atoms in total. The van der Waals surface area contributed by atoms with Gasteiger partial charge in [-0.2, -0.15) is 0 Å². The monoisotopic (exact) mass is 243 g/mol. The molecular weight excluding hydrogens is 226 g/mol.